The summed E-state index contributed by atoms with van der Waals surface area (Å²) >= 11 is 1.30. The number of benzene rings is 1. The number of hydrogen-bond donors (Lipinski definition) is 2. The molecule has 28 heavy (non-hydrogen) atoms. The van der Waals surface area contributed by atoms with E-state index in [1.807, 2.05) is 20.0 Å². The SMILES string of the molecule is C=C(c1nc(C(=O)NCCCNC)sc1N=CC)N1c2ccccc2CC1C. The van der Waals surface area contributed by atoms with Crippen molar-refractivity contribution in [3.8, 4) is 0 Å². The van der Waals surface area contributed by atoms with Gasteiger partial charge < -0.3 is 15.5 Å². The van der Waals surface area contributed by atoms with Gasteiger partial charge in [-0.3, -0.25) is 4.79 Å². The summed E-state index contributed by atoms with van der Waals surface area (Å²) < 4.78 is 0. The minimum absolute atomic E-state index is 0.164. The molecular weight excluding hydrogens is 370 g/mol. The van der Waals surface area contributed by atoms with E-state index in [0.717, 1.165) is 30.8 Å². The van der Waals surface area contributed by atoms with E-state index in [0.29, 0.717) is 22.2 Å². The molecule has 148 valence electrons. The predicted octanol–water partition coefficient (Wildman–Crippen LogP) is 3.63. The number of para-hydroxylation sites is 1. The van der Waals surface area contributed by atoms with Gasteiger partial charge in [0.1, 0.15) is 10.7 Å². The molecule has 3 rings (SSSR count). The minimum atomic E-state index is -0.164. The van der Waals surface area contributed by atoms with Crippen molar-refractivity contribution in [1.29, 1.82) is 0 Å². The summed E-state index contributed by atoms with van der Waals surface area (Å²) in [5.41, 5.74) is 3.91. The van der Waals surface area contributed by atoms with Crippen molar-refractivity contribution in [1.82, 2.24) is 15.6 Å². The third-order valence-corrected chi connectivity index (χ3v) is 5.67. The molecule has 2 heterocycles. The van der Waals surface area contributed by atoms with Crippen molar-refractivity contribution in [2.75, 3.05) is 25.0 Å². The van der Waals surface area contributed by atoms with Gasteiger partial charge in [0.15, 0.2) is 5.01 Å². The van der Waals surface area contributed by atoms with Crippen LogP contribution in [0.15, 0.2) is 35.8 Å². The normalized spacial score (nSPS) is 15.8. The van der Waals surface area contributed by atoms with Crippen LogP contribution in [0.5, 0.6) is 0 Å². The van der Waals surface area contributed by atoms with Crippen LogP contribution in [0.25, 0.3) is 5.70 Å². The molecule has 1 aromatic heterocycles. The molecule has 1 unspecified atom stereocenters. The molecule has 1 amide bonds. The number of aliphatic imine (C=N–C) groups is 1. The molecule has 2 N–H and O–H groups in total. The molecule has 0 saturated heterocycles. The summed E-state index contributed by atoms with van der Waals surface area (Å²) in [5.74, 6) is -0.164. The fraction of sp³-hybridized carbons (Fsp3) is 0.381. The molecule has 1 atom stereocenters. The van der Waals surface area contributed by atoms with Crippen LogP contribution >= 0.6 is 11.3 Å². The van der Waals surface area contributed by atoms with E-state index in [-0.39, 0.29) is 11.9 Å². The number of carbonyl (C=O) groups is 1. The minimum Gasteiger partial charge on any atom is -0.350 e. The molecule has 0 fully saturated rings. The fourth-order valence-corrected chi connectivity index (χ4v) is 4.34. The van der Waals surface area contributed by atoms with Gasteiger partial charge >= 0.3 is 0 Å². The maximum absolute atomic E-state index is 12.5. The zero-order chi connectivity index (χ0) is 20.1. The monoisotopic (exact) mass is 397 g/mol. The largest absolute Gasteiger partial charge is 0.350 e. The number of fused-ring (bicyclic) bond motifs is 1. The lowest BCUT2D eigenvalue weighted by atomic mass is 10.1. The summed E-state index contributed by atoms with van der Waals surface area (Å²) in [6.07, 6.45) is 3.56. The van der Waals surface area contributed by atoms with E-state index in [2.05, 4.69) is 57.2 Å². The van der Waals surface area contributed by atoms with Crippen LogP contribution in [0.3, 0.4) is 0 Å². The van der Waals surface area contributed by atoms with Gasteiger partial charge in [-0.1, -0.05) is 36.1 Å². The molecule has 0 bridgehead atoms. The van der Waals surface area contributed by atoms with Crippen molar-refractivity contribution in [3.05, 3.63) is 47.1 Å². The zero-order valence-electron chi connectivity index (χ0n) is 16.7. The average Bonchev–Trinajstić information content (AvgIpc) is 3.25. The molecule has 1 aliphatic rings. The first-order chi connectivity index (χ1) is 13.6. The second kappa shape index (κ2) is 9.12. The van der Waals surface area contributed by atoms with Gasteiger partial charge in [-0.15, -0.1) is 0 Å². The van der Waals surface area contributed by atoms with Gasteiger partial charge in [0.2, 0.25) is 0 Å². The van der Waals surface area contributed by atoms with Gasteiger partial charge in [0.25, 0.3) is 5.91 Å². The molecule has 1 aliphatic heterocycles. The standard InChI is InChI=1S/C21H27N5OS/c1-5-23-20-18(25-21(28-20)19(27)24-12-8-11-22-4)15(3)26-14(2)13-16-9-6-7-10-17(16)26/h5-7,9-10,14,22H,3,8,11-13H2,1-2,4H3,(H,24,27). The lowest BCUT2D eigenvalue weighted by molar-refractivity contribution is 0.0953. The van der Waals surface area contributed by atoms with Crippen LogP contribution in [0, 0.1) is 0 Å². The summed E-state index contributed by atoms with van der Waals surface area (Å²) in [6.45, 7) is 9.82. The van der Waals surface area contributed by atoms with Crippen molar-refractivity contribution >= 4 is 39.8 Å². The van der Waals surface area contributed by atoms with Crippen molar-refractivity contribution < 1.29 is 4.79 Å². The number of amides is 1. The van der Waals surface area contributed by atoms with E-state index in [1.54, 1.807) is 6.21 Å². The molecule has 6 nitrogen and oxygen atoms in total. The second-order valence-corrected chi connectivity index (χ2v) is 7.75. The summed E-state index contributed by atoms with van der Waals surface area (Å²) in [4.78, 5) is 23.8. The number of nitrogens with one attached hydrogen (secondary N) is 2. The predicted molar refractivity (Wildman–Crippen MR) is 118 cm³/mol. The van der Waals surface area contributed by atoms with Gasteiger partial charge in [0.05, 0.1) is 5.70 Å². The Morgan fingerprint density at radius 3 is 2.96 bits per heavy atom. The maximum Gasteiger partial charge on any atom is 0.280 e. The number of anilines is 1. The summed E-state index contributed by atoms with van der Waals surface area (Å²) in [6, 6.07) is 8.63. The first kappa shape index (κ1) is 20.2. The Balaban J connectivity index is 1.86. The van der Waals surface area contributed by atoms with Crippen LogP contribution in [0.4, 0.5) is 10.7 Å². The topological polar surface area (TPSA) is 69.6 Å². The summed E-state index contributed by atoms with van der Waals surface area (Å²) in [5, 5.41) is 7.12. The first-order valence-electron chi connectivity index (χ1n) is 9.55. The maximum atomic E-state index is 12.5. The molecule has 0 radical (unpaired) electrons. The zero-order valence-corrected chi connectivity index (χ0v) is 17.5. The smallest absolute Gasteiger partial charge is 0.280 e. The number of rotatable bonds is 8. The summed E-state index contributed by atoms with van der Waals surface area (Å²) in [7, 11) is 1.90. The Morgan fingerprint density at radius 1 is 1.43 bits per heavy atom. The van der Waals surface area contributed by atoms with Crippen LogP contribution in [0.2, 0.25) is 0 Å². The highest BCUT2D eigenvalue weighted by Gasteiger charge is 2.30. The van der Waals surface area contributed by atoms with Gasteiger partial charge in [-0.2, -0.15) is 0 Å². The molecule has 7 heteroatoms. The molecule has 0 spiro atoms. The highest BCUT2D eigenvalue weighted by molar-refractivity contribution is 7.17. The molecule has 0 aliphatic carbocycles. The number of carbonyl (C=O) groups excluding carboxylic acids is 1. The lowest BCUT2D eigenvalue weighted by Crippen LogP contribution is -2.28. The molecule has 1 aromatic carbocycles. The highest BCUT2D eigenvalue weighted by atomic mass is 32.1. The van der Waals surface area contributed by atoms with Gasteiger partial charge in [0, 0.05) is 24.5 Å². The van der Waals surface area contributed by atoms with Crippen LogP contribution in [0.1, 0.15) is 41.3 Å². The van der Waals surface area contributed by atoms with Crippen LogP contribution < -0.4 is 15.5 Å². The number of aromatic nitrogens is 1. The molecular formula is C21H27N5OS. The van der Waals surface area contributed by atoms with Crippen molar-refractivity contribution in [2.24, 2.45) is 4.99 Å². The lowest BCUT2D eigenvalue weighted by Gasteiger charge is -2.26. The van der Waals surface area contributed by atoms with E-state index < -0.39 is 0 Å². The van der Waals surface area contributed by atoms with Gasteiger partial charge in [-0.25, -0.2) is 9.98 Å². The Hall–Kier alpha value is -2.51. The Morgan fingerprint density at radius 2 is 2.21 bits per heavy atom. The fourth-order valence-electron chi connectivity index (χ4n) is 3.44. The third kappa shape index (κ3) is 4.15. The first-order valence-corrected chi connectivity index (χ1v) is 10.4. The van der Waals surface area contributed by atoms with Gasteiger partial charge in [-0.05, 0) is 51.9 Å². The van der Waals surface area contributed by atoms with E-state index in [9.17, 15) is 4.79 Å². The molecule has 0 saturated carbocycles. The number of nitrogens with zero attached hydrogens (tertiary/aromatic N) is 3. The van der Waals surface area contributed by atoms with Crippen molar-refractivity contribution in [2.45, 2.75) is 32.7 Å². The van der Waals surface area contributed by atoms with E-state index >= 15 is 0 Å². The van der Waals surface area contributed by atoms with E-state index in [4.69, 9.17) is 0 Å². The third-order valence-electron chi connectivity index (χ3n) is 4.71. The Labute approximate surface area is 170 Å². The Kier molecular flexibility index (Phi) is 6.59. The van der Waals surface area contributed by atoms with Crippen molar-refractivity contribution in [3.63, 3.8) is 0 Å². The van der Waals surface area contributed by atoms with E-state index in [1.165, 1.54) is 16.9 Å². The second-order valence-electron chi connectivity index (χ2n) is 6.77. The van der Waals surface area contributed by atoms with Crippen LogP contribution in [-0.4, -0.2) is 43.3 Å². The highest BCUT2D eigenvalue weighted by Crippen LogP contribution is 2.41. The Bertz CT molecular complexity index is 889. The molecule has 2 aromatic rings. The average molecular weight is 398 g/mol. The van der Waals surface area contributed by atoms with Crippen LogP contribution in [-0.2, 0) is 6.42 Å². The quantitative estimate of drug-likeness (QED) is 0.527. The number of hydrogen-bond acceptors (Lipinski definition) is 6. The number of thiazole rings is 1.